The molecule has 2 aromatic carbocycles. The van der Waals surface area contributed by atoms with E-state index in [1.165, 1.54) is 0 Å². The number of carbonyl (C=O) groups excluding carboxylic acids is 2. The van der Waals surface area contributed by atoms with E-state index in [1.807, 2.05) is 0 Å². The van der Waals surface area contributed by atoms with Crippen molar-refractivity contribution in [3.05, 3.63) is 76.3 Å². The first-order valence-corrected chi connectivity index (χ1v) is 7.71. The monoisotopic (exact) mass is 374 g/mol. The third-order valence-electron chi connectivity index (χ3n) is 3.50. The van der Waals surface area contributed by atoms with Gasteiger partial charge in [0.15, 0.2) is 6.61 Å². The number of esters is 1. The Morgan fingerprint density at radius 1 is 1.11 bits per heavy atom. The number of ketones is 1. The molecule has 3 aromatic rings. The Kier molecular flexibility index (Phi) is 5.20. The summed E-state index contributed by atoms with van der Waals surface area (Å²) in [6, 6.07) is 10.9. The van der Waals surface area contributed by atoms with Crippen LogP contribution in [0.3, 0.4) is 0 Å². The van der Waals surface area contributed by atoms with Crippen LogP contribution < -0.4 is 5.76 Å². The fraction of sp³-hybridized carbons (Fsp3) is 0.111. The van der Waals surface area contributed by atoms with Crippen molar-refractivity contribution in [3.8, 4) is 11.5 Å². The zero-order chi connectivity index (χ0) is 19.4. The van der Waals surface area contributed by atoms with Crippen LogP contribution in [0.1, 0.15) is 10.4 Å². The Labute approximate surface area is 150 Å². The molecule has 0 saturated heterocycles. The van der Waals surface area contributed by atoms with Crippen LogP contribution in [0, 0.1) is 11.6 Å². The average molecular weight is 374 g/mol. The number of hydrogen-bond donors (Lipinski definition) is 0. The molecule has 0 radical (unpaired) electrons. The molecular formula is C18H12F2N2O5. The summed E-state index contributed by atoms with van der Waals surface area (Å²) >= 11 is 0. The largest absolute Gasteiger partial charge is 0.456 e. The van der Waals surface area contributed by atoms with Gasteiger partial charge < -0.3 is 9.15 Å². The summed E-state index contributed by atoms with van der Waals surface area (Å²) in [5.74, 6) is -4.47. The molecular weight excluding hydrogens is 362 g/mol. The fourth-order valence-corrected chi connectivity index (χ4v) is 2.21. The number of Topliss-reactive ketones (excluding diaryl/α,β-unsaturated/α-hetero) is 1. The van der Waals surface area contributed by atoms with E-state index in [9.17, 15) is 23.2 Å². The molecule has 0 aliphatic heterocycles. The van der Waals surface area contributed by atoms with Gasteiger partial charge in [0.2, 0.25) is 11.7 Å². The normalized spacial score (nSPS) is 10.6. The van der Waals surface area contributed by atoms with Gasteiger partial charge >= 0.3 is 11.7 Å². The Morgan fingerprint density at radius 3 is 2.59 bits per heavy atom. The standard InChI is InChI=1S/C18H12F2N2O5/c19-12-6-7-14(20)13(8-12)15(23)10-26-16(24)9-22-18(25)27-17(21-22)11-4-2-1-3-5-11/h1-8H,9-10H2. The minimum absolute atomic E-state index is 0.0197. The van der Waals surface area contributed by atoms with Gasteiger partial charge in [-0.05, 0) is 30.3 Å². The Balaban J connectivity index is 1.63. The molecule has 0 saturated carbocycles. The van der Waals surface area contributed by atoms with Crippen LogP contribution in [0.25, 0.3) is 11.5 Å². The summed E-state index contributed by atoms with van der Waals surface area (Å²) in [5.41, 5.74) is 0.00578. The van der Waals surface area contributed by atoms with Crippen molar-refractivity contribution >= 4 is 11.8 Å². The van der Waals surface area contributed by atoms with Crippen molar-refractivity contribution in [2.45, 2.75) is 6.54 Å². The highest BCUT2D eigenvalue weighted by molar-refractivity contribution is 5.98. The maximum atomic E-state index is 13.5. The van der Waals surface area contributed by atoms with E-state index < -0.39 is 47.9 Å². The second-order valence-electron chi connectivity index (χ2n) is 5.40. The lowest BCUT2D eigenvalue weighted by atomic mass is 10.1. The third-order valence-corrected chi connectivity index (χ3v) is 3.50. The fourth-order valence-electron chi connectivity index (χ4n) is 2.21. The molecule has 3 rings (SSSR count). The van der Waals surface area contributed by atoms with Crippen molar-refractivity contribution in [1.29, 1.82) is 0 Å². The summed E-state index contributed by atoms with van der Waals surface area (Å²) < 4.78 is 37.0. The number of aromatic nitrogens is 2. The molecule has 0 amide bonds. The van der Waals surface area contributed by atoms with Gasteiger partial charge in [-0.25, -0.2) is 13.6 Å². The van der Waals surface area contributed by atoms with E-state index in [-0.39, 0.29) is 5.89 Å². The molecule has 27 heavy (non-hydrogen) atoms. The van der Waals surface area contributed by atoms with Gasteiger partial charge in [-0.3, -0.25) is 9.59 Å². The molecule has 0 fully saturated rings. The van der Waals surface area contributed by atoms with Crippen molar-refractivity contribution in [2.24, 2.45) is 0 Å². The Bertz CT molecular complexity index is 1040. The molecule has 7 nitrogen and oxygen atoms in total. The molecule has 1 heterocycles. The summed E-state index contributed by atoms with van der Waals surface area (Å²) in [7, 11) is 0. The first-order chi connectivity index (χ1) is 12.9. The van der Waals surface area contributed by atoms with Crippen LogP contribution in [0.15, 0.2) is 57.7 Å². The van der Waals surface area contributed by atoms with Gasteiger partial charge in [0.1, 0.15) is 18.2 Å². The number of carbonyl (C=O) groups is 2. The number of rotatable bonds is 6. The minimum atomic E-state index is -0.963. The maximum Gasteiger partial charge on any atom is 0.437 e. The number of nitrogens with zero attached hydrogens (tertiary/aromatic N) is 2. The van der Waals surface area contributed by atoms with Crippen molar-refractivity contribution in [1.82, 2.24) is 9.78 Å². The first-order valence-electron chi connectivity index (χ1n) is 7.71. The summed E-state index contributed by atoms with van der Waals surface area (Å²) in [6.45, 7) is -1.41. The Hall–Kier alpha value is -3.62. The van der Waals surface area contributed by atoms with Gasteiger partial charge in [-0.1, -0.05) is 18.2 Å². The highest BCUT2D eigenvalue weighted by Crippen LogP contribution is 2.14. The predicted octanol–water partition coefficient (Wildman–Crippen LogP) is 2.21. The van der Waals surface area contributed by atoms with Crippen molar-refractivity contribution in [2.75, 3.05) is 6.61 Å². The van der Waals surface area contributed by atoms with Gasteiger partial charge in [-0.15, -0.1) is 5.10 Å². The van der Waals surface area contributed by atoms with Gasteiger partial charge in [0, 0.05) is 5.56 Å². The van der Waals surface area contributed by atoms with Crippen LogP contribution in [-0.2, 0) is 16.1 Å². The van der Waals surface area contributed by atoms with Crippen LogP contribution >= 0.6 is 0 Å². The van der Waals surface area contributed by atoms with E-state index >= 15 is 0 Å². The molecule has 1 aromatic heterocycles. The lowest BCUT2D eigenvalue weighted by Gasteiger charge is -2.05. The van der Waals surface area contributed by atoms with E-state index in [1.54, 1.807) is 30.3 Å². The molecule has 0 aliphatic carbocycles. The maximum absolute atomic E-state index is 13.5. The molecule has 0 aliphatic rings. The molecule has 0 N–H and O–H groups in total. The topological polar surface area (TPSA) is 91.4 Å². The number of ether oxygens (including phenoxy) is 1. The van der Waals surface area contributed by atoms with Gasteiger partial charge in [0.25, 0.3) is 0 Å². The molecule has 138 valence electrons. The van der Waals surface area contributed by atoms with E-state index in [2.05, 4.69) is 5.10 Å². The highest BCUT2D eigenvalue weighted by Gasteiger charge is 2.17. The lowest BCUT2D eigenvalue weighted by molar-refractivity contribution is -0.143. The summed E-state index contributed by atoms with van der Waals surface area (Å²) in [4.78, 5) is 35.4. The van der Waals surface area contributed by atoms with Crippen molar-refractivity contribution in [3.63, 3.8) is 0 Å². The van der Waals surface area contributed by atoms with Gasteiger partial charge in [-0.2, -0.15) is 4.68 Å². The summed E-state index contributed by atoms with van der Waals surface area (Å²) in [6.07, 6.45) is 0. The smallest absolute Gasteiger partial charge is 0.437 e. The molecule has 0 unspecified atom stereocenters. The zero-order valence-electron chi connectivity index (χ0n) is 13.7. The third kappa shape index (κ3) is 4.32. The van der Waals surface area contributed by atoms with Crippen LogP contribution in [0.4, 0.5) is 8.78 Å². The minimum Gasteiger partial charge on any atom is -0.456 e. The Morgan fingerprint density at radius 2 is 1.85 bits per heavy atom. The van der Waals surface area contributed by atoms with Crippen molar-refractivity contribution < 1.29 is 27.5 Å². The second kappa shape index (κ2) is 7.73. The van der Waals surface area contributed by atoms with Crippen LogP contribution in [0.2, 0.25) is 0 Å². The number of benzene rings is 2. The zero-order valence-corrected chi connectivity index (χ0v) is 13.7. The predicted molar refractivity (Wildman–Crippen MR) is 87.8 cm³/mol. The number of hydrogen-bond acceptors (Lipinski definition) is 6. The van der Waals surface area contributed by atoms with E-state index in [0.717, 1.165) is 16.8 Å². The average Bonchev–Trinajstić information content (AvgIpc) is 3.03. The van der Waals surface area contributed by atoms with Gasteiger partial charge in [0.05, 0.1) is 5.56 Å². The molecule has 0 spiro atoms. The molecule has 9 heteroatoms. The second-order valence-corrected chi connectivity index (χ2v) is 5.40. The van der Waals surface area contributed by atoms with Crippen LogP contribution in [-0.4, -0.2) is 28.1 Å². The highest BCUT2D eigenvalue weighted by atomic mass is 19.1. The summed E-state index contributed by atoms with van der Waals surface area (Å²) in [5, 5.41) is 3.87. The molecule has 0 atom stereocenters. The molecule has 0 bridgehead atoms. The lowest BCUT2D eigenvalue weighted by Crippen LogP contribution is -2.25. The quantitative estimate of drug-likeness (QED) is 0.485. The number of halogens is 2. The van der Waals surface area contributed by atoms with Crippen LogP contribution in [0.5, 0.6) is 0 Å². The van der Waals surface area contributed by atoms with E-state index in [4.69, 9.17) is 9.15 Å². The SMILES string of the molecule is O=C(Cn1nc(-c2ccccc2)oc1=O)OCC(=O)c1cc(F)ccc1F. The van der Waals surface area contributed by atoms with E-state index in [0.29, 0.717) is 11.6 Å². The first kappa shape index (κ1) is 18.2.